The fraction of sp³-hybridized carbons (Fsp3) is 0.538. The van der Waals surface area contributed by atoms with E-state index >= 15 is 0 Å². The largest absolute Gasteiger partial charge is 0.383 e. The van der Waals surface area contributed by atoms with Crippen LogP contribution in [0.4, 0.5) is 0 Å². The Bertz CT molecular complexity index is 531. The van der Waals surface area contributed by atoms with Gasteiger partial charge in [-0.05, 0) is 19.0 Å². The van der Waals surface area contributed by atoms with Gasteiger partial charge in [-0.3, -0.25) is 4.98 Å². The maximum Gasteiger partial charge on any atom is 0.114 e. The van der Waals surface area contributed by atoms with Gasteiger partial charge in [0.2, 0.25) is 0 Å². The average molecular weight is 246 g/mol. The molecule has 0 spiro atoms. The Morgan fingerprint density at radius 3 is 3.28 bits per heavy atom. The van der Waals surface area contributed by atoms with Crippen LogP contribution in [0, 0.1) is 0 Å². The second-order valence-electron chi connectivity index (χ2n) is 4.67. The van der Waals surface area contributed by atoms with Crippen LogP contribution in [0.1, 0.15) is 18.2 Å². The smallest absolute Gasteiger partial charge is 0.114 e. The van der Waals surface area contributed by atoms with Crippen molar-refractivity contribution in [3.8, 4) is 0 Å². The van der Waals surface area contributed by atoms with Crippen molar-refractivity contribution in [1.82, 2.24) is 19.9 Å². The van der Waals surface area contributed by atoms with Gasteiger partial charge in [0.25, 0.3) is 0 Å². The topological polar surface area (TPSA) is 52.0 Å². The van der Waals surface area contributed by atoms with Gasteiger partial charge >= 0.3 is 0 Å². The first-order valence-electron chi connectivity index (χ1n) is 6.40. The molecule has 1 fully saturated rings. The summed E-state index contributed by atoms with van der Waals surface area (Å²) in [7, 11) is 1.73. The SMILES string of the molecule is COCCn1c(C2CCNC2)nc2ccncc21. The molecule has 0 radical (unpaired) electrons. The number of nitrogens with one attached hydrogen (secondary N) is 1. The summed E-state index contributed by atoms with van der Waals surface area (Å²) < 4.78 is 7.45. The second kappa shape index (κ2) is 5.04. The van der Waals surface area contributed by atoms with Gasteiger partial charge in [0.05, 0.1) is 23.8 Å². The monoisotopic (exact) mass is 246 g/mol. The van der Waals surface area contributed by atoms with Gasteiger partial charge in [0.1, 0.15) is 5.82 Å². The van der Waals surface area contributed by atoms with Crippen LogP contribution in [0.2, 0.25) is 0 Å². The highest BCUT2D eigenvalue weighted by Crippen LogP contribution is 2.25. The number of hydrogen-bond acceptors (Lipinski definition) is 4. The maximum absolute atomic E-state index is 5.20. The lowest BCUT2D eigenvalue weighted by molar-refractivity contribution is 0.187. The van der Waals surface area contributed by atoms with Crippen LogP contribution in [0.3, 0.4) is 0 Å². The van der Waals surface area contributed by atoms with Crippen LogP contribution >= 0.6 is 0 Å². The van der Waals surface area contributed by atoms with Crippen LogP contribution in [-0.2, 0) is 11.3 Å². The highest BCUT2D eigenvalue weighted by molar-refractivity contribution is 5.74. The first kappa shape index (κ1) is 11.6. The Hall–Kier alpha value is -1.46. The summed E-state index contributed by atoms with van der Waals surface area (Å²) in [6.45, 7) is 3.64. The molecule has 3 rings (SSSR count). The van der Waals surface area contributed by atoms with E-state index in [0.717, 1.165) is 37.1 Å². The predicted octanol–water partition coefficient (Wildman–Crippen LogP) is 1.15. The number of pyridine rings is 1. The molecule has 0 saturated carbocycles. The van der Waals surface area contributed by atoms with Gasteiger partial charge in [-0.15, -0.1) is 0 Å². The molecule has 1 saturated heterocycles. The Labute approximate surface area is 106 Å². The molecule has 18 heavy (non-hydrogen) atoms. The van der Waals surface area contributed by atoms with Crippen molar-refractivity contribution in [2.24, 2.45) is 0 Å². The molecular weight excluding hydrogens is 228 g/mol. The van der Waals surface area contributed by atoms with E-state index in [4.69, 9.17) is 9.72 Å². The summed E-state index contributed by atoms with van der Waals surface area (Å²) in [5, 5.41) is 3.40. The standard InChI is InChI=1S/C13H18N4O/c1-18-7-6-17-12-9-15-5-3-11(12)16-13(17)10-2-4-14-8-10/h3,5,9-10,14H,2,4,6-8H2,1H3. The number of methoxy groups -OCH3 is 1. The molecule has 1 atom stereocenters. The van der Waals surface area contributed by atoms with Crippen molar-refractivity contribution in [1.29, 1.82) is 0 Å². The zero-order valence-electron chi connectivity index (χ0n) is 10.6. The van der Waals surface area contributed by atoms with Crippen LogP contribution in [-0.4, -0.2) is 41.3 Å². The fourth-order valence-corrected chi connectivity index (χ4v) is 2.59. The van der Waals surface area contributed by atoms with E-state index in [1.807, 2.05) is 12.3 Å². The molecule has 1 N–H and O–H groups in total. The highest BCUT2D eigenvalue weighted by atomic mass is 16.5. The molecule has 2 aromatic heterocycles. The summed E-state index contributed by atoms with van der Waals surface area (Å²) in [6, 6.07) is 1.98. The lowest BCUT2D eigenvalue weighted by Gasteiger charge is -2.12. The van der Waals surface area contributed by atoms with E-state index in [9.17, 15) is 0 Å². The molecule has 5 heteroatoms. The lowest BCUT2D eigenvalue weighted by atomic mass is 10.1. The number of fused-ring (bicyclic) bond motifs is 1. The van der Waals surface area contributed by atoms with Gasteiger partial charge in [-0.2, -0.15) is 0 Å². The minimum absolute atomic E-state index is 0.509. The second-order valence-corrected chi connectivity index (χ2v) is 4.67. The predicted molar refractivity (Wildman–Crippen MR) is 69.6 cm³/mol. The van der Waals surface area contributed by atoms with Crippen molar-refractivity contribution < 1.29 is 4.74 Å². The molecule has 0 aromatic carbocycles. The molecule has 96 valence electrons. The maximum atomic E-state index is 5.20. The molecule has 1 aliphatic heterocycles. The molecule has 0 aliphatic carbocycles. The van der Waals surface area contributed by atoms with E-state index in [-0.39, 0.29) is 0 Å². The third kappa shape index (κ3) is 2.00. The van der Waals surface area contributed by atoms with Crippen molar-refractivity contribution in [2.75, 3.05) is 26.8 Å². The number of ether oxygens (including phenoxy) is 1. The quantitative estimate of drug-likeness (QED) is 0.879. The number of hydrogen-bond donors (Lipinski definition) is 1. The van der Waals surface area contributed by atoms with E-state index in [1.54, 1.807) is 13.3 Å². The molecule has 0 amide bonds. The van der Waals surface area contributed by atoms with Crippen molar-refractivity contribution in [3.05, 3.63) is 24.3 Å². The van der Waals surface area contributed by atoms with Crippen LogP contribution in [0.5, 0.6) is 0 Å². The number of aromatic nitrogens is 3. The average Bonchev–Trinajstić information content (AvgIpc) is 3.03. The van der Waals surface area contributed by atoms with Gasteiger partial charge in [-0.1, -0.05) is 0 Å². The van der Waals surface area contributed by atoms with Gasteiger partial charge < -0.3 is 14.6 Å². The first-order chi connectivity index (χ1) is 8.90. The highest BCUT2D eigenvalue weighted by Gasteiger charge is 2.23. The zero-order valence-corrected chi connectivity index (χ0v) is 10.6. The fourth-order valence-electron chi connectivity index (χ4n) is 2.59. The molecule has 3 heterocycles. The van der Waals surface area contributed by atoms with E-state index < -0.39 is 0 Å². The Morgan fingerprint density at radius 2 is 2.50 bits per heavy atom. The van der Waals surface area contributed by atoms with Crippen LogP contribution in [0.25, 0.3) is 11.0 Å². The third-order valence-corrected chi connectivity index (χ3v) is 3.52. The van der Waals surface area contributed by atoms with Crippen LogP contribution < -0.4 is 5.32 Å². The van der Waals surface area contributed by atoms with E-state index in [1.165, 1.54) is 5.82 Å². The molecule has 2 aromatic rings. The van der Waals surface area contributed by atoms with Crippen LogP contribution in [0.15, 0.2) is 18.5 Å². The first-order valence-corrected chi connectivity index (χ1v) is 6.40. The third-order valence-electron chi connectivity index (χ3n) is 3.52. The summed E-state index contributed by atoms with van der Waals surface area (Å²) in [4.78, 5) is 8.98. The summed E-state index contributed by atoms with van der Waals surface area (Å²) in [6.07, 6.45) is 4.85. The molecule has 1 aliphatic rings. The van der Waals surface area contributed by atoms with Crippen molar-refractivity contribution in [2.45, 2.75) is 18.9 Å². The minimum atomic E-state index is 0.509. The minimum Gasteiger partial charge on any atom is -0.383 e. The zero-order chi connectivity index (χ0) is 12.4. The Morgan fingerprint density at radius 1 is 1.56 bits per heavy atom. The van der Waals surface area contributed by atoms with Gasteiger partial charge in [-0.25, -0.2) is 4.98 Å². The number of rotatable bonds is 4. The van der Waals surface area contributed by atoms with Crippen molar-refractivity contribution in [3.63, 3.8) is 0 Å². The van der Waals surface area contributed by atoms with Gasteiger partial charge in [0, 0.05) is 32.3 Å². The lowest BCUT2D eigenvalue weighted by Crippen LogP contribution is -2.14. The number of imidazole rings is 1. The normalized spacial score (nSPS) is 19.7. The van der Waals surface area contributed by atoms with E-state index in [0.29, 0.717) is 12.5 Å². The van der Waals surface area contributed by atoms with E-state index in [2.05, 4.69) is 14.9 Å². The molecular formula is C13H18N4O. The molecule has 1 unspecified atom stereocenters. The number of nitrogens with zero attached hydrogens (tertiary/aromatic N) is 3. The Balaban J connectivity index is 2.04. The summed E-state index contributed by atoms with van der Waals surface area (Å²) >= 11 is 0. The molecule has 0 bridgehead atoms. The summed E-state index contributed by atoms with van der Waals surface area (Å²) in [5.41, 5.74) is 2.14. The summed E-state index contributed by atoms with van der Waals surface area (Å²) in [5.74, 6) is 1.68. The van der Waals surface area contributed by atoms with Crippen molar-refractivity contribution >= 4 is 11.0 Å². The Kier molecular flexibility index (Phi) is 3.25. The molecule has 5 nitrogen and oxygen atoms in total. The van der Waals surface area contributed by atoms with Gasteiger partial charge in [0.15, 0.2) is 0 Å².